The molecule has 4 saturated carbocycles. The van der Waals surface area contributed by atoms with Gasteiger partial charge >= 0.3 is 32.8 Å². The van der Waals surface area contributed by atoms with Crippen LogP contribution in [0.2, 0.25) is 0 Å². The minimum Gasteiger partial charge on any atom is -0.509 e. The molecule has 0 N–H and O–H groups in total. The summed E-state index contributed by atoms with van der Waals surface area (Å²) in [4.78, 5) is 5.03. The minimum atomic E-state index is -0.0665. The van der Waals surface area contributed by atoms with Crippen molar-refractivity contribution in [2.24, 2.45) is 17.8 Å². The predicted molar refractivity (Wildman–Crippen MR) is 314 cm³/mol. The van der Waals surface area contributed by atoms with Gasteiger partial charge in [0.25, 0.3) is 5.69 Å². The first-order chi connectivity index (χ1) is 36.5. The number of rotatable bonds is 7. The second-order valence-corrected chi connectivity index (χ2v) is 26.1. The predicted octanol–water partition coefficient (Wildman–Crippen LogP) is 17.9. The number of pyridine rings is 1. The van der Waals surface area contributed by atoms with Crippen LogP contribution in [0.1, 0.15) is 123 Å². The third kappa shape index (κ3) is 8.27. The quantitative estimate of drug-likeness (QED) is 0.118. The van der Waals surface area contributed by atoms with Gasteiger partial charge in [-0.3, -0.25) is 0 Å². The number of ether oxygens (including phenoxy) is 1. The second-order valence-electron chi connectivity index (χ2n) is 26.1. The van der Waals surface area contributed by atoms with Gasteiger partial charge in [0.15, 0.2) is 0 Å². The molecular formula is C70H67N5OPt+2. The van der Waals surface area contributed by atoms with Gasteiger partial charge in [-0.2, -0.15) is 12.1 Å². The van der Waals surface area contributed by atoms with E-state index < -0.39 is 0 Å². The molecule has 15 rings (SSSR count). The Kier molecular flexibility index (Phi) is 11.5. The van der Waals surface area contributed by atoms with Crippen molar-refractivity contribution in [2.75, 3.05) is 0 Å². The largest absolute Gasteiger partial charge is 2.00 e. The summed E-state index contributed by atoms with van der Waals surface area (Å²) < 4.78 is 16.2. The van der Waals surface area contributed by atoms with Crippen LogP contribution in [0.25, 0.3) is 55.1 Å². The molecule has 77 heavy (non-hydrogen) atoms. The fraction of sp³-hybridized carbons (Fsp3) is 0.314. The van der Waals surface area contributed by atoms with E-state index in [4.69, 9.17) is 9.72 Å². The zero-order valence-corrected chi connectivity index (χ0v) is 48.1. The number of aromatic nitrogens is 3. The van der Waals surface area contributed by atoms with Crippen LogP contribution in [0.4, 0.5) is 22.7 Å². The molecule has 5 aliphatic rings. The number of benzene rings is 7. The van der Waals surface area contributed by atoms with Crippen molar-refractivity contribution in [3.05, 3.63) is 186 Å². The van der Waals surface area contributed by atoms with Gasteiger partial charge in [0.05, 0.1) is 11.0 Å². The molecule has 4 aliphatic carbocycles. The number of hydrogen-bond acceptors (Lipinski definition) is 2. The number of para-hydroxylation sites is 3. The van der Waals surface area contributed by atoms with E-state index in [0.717, 1.165) is 68.1 Å². The Balaban J connectivity index is 0.00000566. The topological polar surface area (TPSA) is 38.0 Å². The summed E-state index contributed by atoms with van der Waals surface area (Å²) in [5, 5.41) is 4.67. The Morgan fingerprint density at radius 2 is 1.16 bits per heavy atom. The maximum atomic E-state index is 6.91. The van der Waals surface area contributed by atoms with E-state index in [1.807, 2.05) is 12.3 Å². The molecule has 0 amide bonds. The number of nitrogens with zero attached hydrogens (tertiary/aromatic N) is 5. The summed E-state index contributed by atoms with van der Waals surface area (Å²) in [6.07, 6.45) is 10.0. The normalized spacial score (nSPS) is 20.0. The number of hydrogen-bond donors (Lipinski definition) is 0. The fourth-order valence-corrected chi connectivity index (χ4v) is 14.3. The van der Waals surface area contributed by atoms with E-state index in [2.05, 4.69) is 238 Å². The van der Waals surface area contributed by atoms with Crippen molar-refractivity contribution in [2.45, 2.75) is 122 Å². The van der Waals surface area contributed by atoms with Crippen LogP contribution in [0.15, 0.2) is 152 Å². The maximum absolute atomic E-state index is 6.91. The Bertz CT molecular complexity index is 4000. The van der Waals surface area contributed by atoms with E-state index in [-0.39, 0.29) is 42.7 Å². The Labute approximate surface area is 468 Å². The van der Waals surface area contributed by atoms with Crippen LogP contribution in [0.3, 0.4) is 0 Å². The van der Waals surface area contributed by atoms with Crippen molar-refractivity contribution in [1.82, 2.24) is 23.3 Å². The summed E-state index contributed by atoms with van der Waals surface area (Å²) >= 11 is 0. The van der Waals surface area contributed by atoms with Crippen molar-refractivity contribution in [3.63, 3.8) is 0 Å². The molecule has 7 aromatic carbocycles. The standard InChI is InChI=1S/C70H67N5O.Pt/c1-67(2,3)47-28-29-71-65(36-47)75-62-27-24-51(74-60-21-12-10-18-55(60)56-19-11-13-22-61(56)74)38-58(62)57-26-25-54(39-64(57)75)76-53-17-14-16-50(37-53)72-43-73(52-34-48(68(4,5)6)33-49(35-52)69(7,8)9)66-59(20-15-23-63(66)72)70-40-44-30-45(41-70)32-46(31-44)42-70;/h10-29,33-36,38,44-46H,30-32,40-42H2,1-9H3;/q;+2. The minimum absolute atomic E-state index is 0. The SMILES string of the molecule is CC(C)(C)c1cc([N+]2=C=[N+](c3[c-]c(Oc4[c-]c5c(cc4)c4cc(-n6c7ccccc7c7ccccc76)ccc4n5-c4cc(C(C)(C)C)ccn4)ccc3)c3cccc(C45CC6CC(CC(C6)C4)C5)c32)cc(C(C)(C)C)c1.[Pt+2]. The summed E-state index contributed by atoms with van der Waals surface area (Å²) in [5.74, 6) is 4.54. The average Bonchev–Trinajstić information content (AvgIpc) is 4.31. The molecule has 0 saturated heterocycles. The Morgan fingerprint density at radius 1 is 0.545 bits per heavy atom. The number of fused-ring (bicyclic) bond motifs is 7. The van der Waals surface area contributed by atoms with Crippen LogP contribution in [0.5, 0.6) is 11.5 Å². The molecule has 7 heteroatoms. The molecule has 4 heterocycles. The van der Waals surface area contributed by atoms with Crippen molar-refractivity contribution < 1.29 is 25.8 Å². The van der Waals surface area contributed by atoms with Crippen LogP contribution in [0, 0.1) is 29.9 Å². The van der Waals surface area contributed by atoms with E-state index in [0.29, 0.717) is 11.5 Å². The molecule has 0 spiro atoms. The van der Waals surface area contributed by atoms with Gasteiger partial charge in [0.1, 0.15) is 11.5 Å². The third-order valence-electron chi connectivity index (χ3n) is 17.7. The molecule has 3 aromatic heterocycles. The van der Waals surface area contributed by atoms with Gasteiger partial charge < -0.3 is 13.9 Å². The van der Waals surface area contributed by atoms with Gasteiger partial charge in [-0.05, 0) is 142 Å². The smallest absolute Gasteiger partial charge is 0.509 e. The molecule has 0 unspecified atom stereocenters. The van der Waals surface area contributed by atoms with Crippen molar-refractivity contribution in [1.29, 1.82) is 0 Å². The Hall–Kier alpha value is -6.84. The van der Waals surface area contributed by atoms with Gasteiger partial charge in [0, 0.05) is 68.8 Å². The van der Waals surface area contributed by atoms with Crippen LogP contribution in [-0.2, 0) is 42.7 Å². The second kappa shape index (κ2) is 17.9. The first kappa shape index (κ1) is 49.7. The molecule has 0 atom stereocenters. The average molecular weight is 1190 g/mol. The van der Waals surface area contributed by atoms with E-state index in [9.17, 15) is 0 Å². The summed E-state index contributed by atoms with van der Waals surface area (Å²) in [6.45, 7) is 20.7. The molecule has 6 nitrogen and oxygen atoms in total. The fourth-order valence-electron chi connectivity index (χ4n) is 14.3. The van der Waals surface area contributed by atoms with Crippen LogP contribution >= 0.6 is 0 Å². The molecule has 4 fully saturated rings. The van der Waals surface area contributed by atoms with E-state index in [1.165, 1.54) is 88.3 Å². The zero-order valence-electron chi connectivity index (χ0n) is 45.9. The van der Waals surface area contributed by atoms with Crippen molar-refractivity contribution in [3.8, 4) is 23.0 Å². The summed E-state index contributed by atoms with van der Waals surface area (Å²) in [6, 6.07) is 64.9. The van der Waals surface area contributed by atoms with Crippen molar-refractivity contribution >= 4 is 72.4 Å². The Morgan fingerprint density at radius 3 is 1.81 bits per heavy atom. The molecule has 1 aliphatic heterocycles. The van der Waals surface area contributed by atoms with Gasteiger partial charge in [-0.15, -0.1) is 23.6 Å². The summed E-state index contributed by atoms with van der Waals surface area (Å²) in [7, 11) is 0. The van der Waals surface area contributed by atoms with Crippen LogP contribution in [-0.4, -0.2) is 20.1 Å². The summed E-state index contributed by atoms with van der Waals surface area (Å²) in [5.41, 5.74) is 15.3. The molecule has 0 radical (unpaired) electrons. The van der Waals surface area contributed by atoms with E-state index in [1.54, 1.807) is 0 Å². The van der Waals surface area contributed by atoms with Gasteiger partial charge in [-0.1, -0.05) is 139 Å². The molecular weight excluding hydrogens is 1120 g/mol. The van der Waals surface area contributed by atoms with Gasteiger partial charge in [-0.25, -0.2) is 4.98 Å². The van der Waals surface area contributed by atoms with E-state index >= 15 is 0 Å². The zero-order chi connectivity index (χ0) is 52.0. The monoisotopic (exact) mass is 1190 g/mol. The molecule has 4 bridgehead atoms. The first-order valence-corrected chi connectivity index (χ1v) is 27.8. The maximum Gasteiger partial charge on any atom is 2.00 e. The van der Waals surface area contributed by atoms with Gasteiger partial charge in [0.2, 0.25) is 5.69 Å². The molecule has 386 valence electrons. The third-order valence-corrected chi connectivity index (χ3v) is 17.7. The first-order valence-electron chi connectivity index (χ1n) is 27.8. The molecule has 10 aromatic rings. The van der Waals surface area contributed by atoms with Crippen LogP contribution < -0.4 is 13.9 Å².